The Bertz CT molecular complexity index is 576. The second-order valence-corrected chi connectivity index (χ2v) is 4.97. The number of nitrogens with zero attached hydrogens (tertiary/aromatic N) is 2. The van der Waals surface area contributed by atoms with Crippen molar-refractivity contribution in [2.75, 3.05) is 5.32 Å². The van der Waals surface area contributed by atoms with Crippen LogP contribution in [0.3, 0.4) is 0 Å². The van der Waals surface area contributed by atoms with Crippen molar-refractivity contribution in [1.82, 2.24) is 4.98 Å². The van der Waals surface area contributed by atoms with Crippen LogP contribution in [0.5, 0.6) is 0 Å². The van der Waals surface area contributed by atoms with E-state index in [9.17, 15) is 4.39 Å². The molecular weight excluding hydrogens is 261 g/mol. The van der Waals surface area contributed by atoms with Crippen molar-refractivity contribution in [1.29, 1.82) is 5.26 Å². The molecule has 17 heavy (non-hydrogen) atoms. The largest absolute Gasteiger partial charge is 0.380 e. The van der Waals surface area contributed by atoms with E-state index in [1.165, 1.54) is 23.5 Å². The summed E-state index contributed by atoms with van der Waals surface area (Å²) in [6, 6.07) is 6.01. The molecule has 0 unspecified atom stereocenters. The Kier molecular flexibility index (Phi) is 3.57. The van der Waals surface area contributed by atoms with Crippen LogP contribution >= 0.6 is 22.9 Å². The molecule has 6 heteroatoms. The molecule has 0 aliphatic rings. The Morgan fingerprint density at radius 1 is 1.47 bits per heavy atom. The van der Waals surface area contributed by atoms with E-state index in [0.29, 0.717) is 16.7 Å². The minimum absolute atomic E-state index is 0.287. The van der Waals surface area contributed by atoms with Gasteiger partial charge in [-0.15, -0.1) is 11.3 Å². The number of hydrogen-bond acceptors (Lipinski definition) is 4. The van der Waals surface area contributed by atoms with Gasteiger partial charge in [-0.05, 0) is 18.2 Å². The Morgan fingerprint density at radius 3 is 2.94 bits per heavy atom. The van der Waals surface area contributed by atoms with Crippen LogP contribution in [-0.2, 0) is 6.54 Å². The highest BCUT2D eigenvalue weighted by Gasteiger charge is 2.02. The first kappa shape index (κ1) is 11.8. The maximum absolute atomic E-state index is 13.1. The fourth-order valence-electron chi connectivity index (χ4n) is 1.31. The van der Waals surface area contributed by atoms with Gasteiger partial charge in [-0.25, -0.2) is 9.37 Å². The number of thiazole rings is 1. The monoisotopic (exact) mass is 267 g/mol. The van der Waals surface area contributed by atoms with Gasteiger partial charge in [0, 0.05) is 16.8 Å². The van der Waals surface area contributed by atoms with Gasteiger partial charge in [0.15, 0.2) is 4.47 Å². The maximum Gasteiger partial charge on any atom is 0.183 e. The lowest BCUT2D eigenvalue weighted by atomic mass is 10.2. The molecule has 0 aliphatic carbocycles. The summed E-state index contributed by atoms with van der Waals surface area (Å²) in [6.07, 6.45) is 1.66. The molecule has 0 saturated heterocycles. The van der Waals surface area contributed by atoms with E-state index in [-0.39, 0.29) is 5.56 Å². The van der Waals surface area contributed by atoms with Crippen LogP contribution in [0.1, 0.15) is 10.4 Å². The molecule has 0 aliphatic heterocycles. The predicted octanol–water partition coefficient (Wildman–Crippen LogP) is 3.42. The third kappa shape index (κ3) is 3.16. The number of aromatic nitrogens is 1. The van der Waals surface area contributed by atoms with Crippen molar-refractivity contribution in [3.63, 3.8) is 0 Å². The number of nitriles is 1. The molecule has 2 aromatic rings. The van der Waals surface area contributed by atoms with Crippen LogP contribution in [0, 0.1) is 17.1 Å². The van der Waals surface area contributed by atoms with E-state index in [4.69, 9.17) is 16.9 Å². The molecule has 1 aromatic heterocycles. The normalized spacial score (nSPS) is 9.94. The van der Waals surface area contributed by atoms with Crippen molar-refractivity contribution >= 4 is 28.6 Å². The Morgan fingerprint density at radius 2 is 2.29 bits per heavy atom. The maximum atomic E-state index is 13.1. The van der Waals surface area contributed by atoms with Gasteiger partial charge in [0.2, 0.25) is 0 Å². The van der Waals surface area contributed by atoms with E-state index in [2.05, 4.69) is 10.3 Å². The van der Waals surface area contributed by atoms with E-state index in [1.807, 2.05) is 6.07 Å². The van der Waals surface area contributed by atoms with E-state index in [0.717, 1.165) is 4.88 Å². The Labute approximate surface area is 106 Å². The first-order chi connectivity index (χ1) is 8.17. The summed E-state index contributed by atoms with van der Waals surface area (Å²) in [5.41, 5.74) is 0.848. The molecule has 0 spiro atoms. The molecule has 0 atom stereocenters. The quantitative estimate of drug-likeness (QED) is 0.927. The van der Waals surface area contributed by atoms with E-state index < -0.39 is 5.82 Å². The summed E-state index contributed by atoms with van der Waals surface area (Å²) in [5.74, 6) is -0.436. The van der Waals surface area contributed by atoms with Crippen LogP contribution in [0.15, 0.2) is 24.4 Å². The topological polar surface area (TPSA) is 48.7 Å². The zero-order chi connectivity index (χ0) is 12.3. The standard InChI is InChI=1S/C11H7ClFN3S/c12-11-16-6-10(17-11)5-15-9-2-7(4-14)1-8(13)3-9/h1-3,6,15H,5H2. The first-order valence-electron chi connectivity index (χ1n) is 4.72. The average molecular weight is 268 g/mol. The summed E-state index contributed by atoms with van der Waals surface area (Å²) in [6.45, 7) is 0.499. The fourth-order valence-corrected chi connectivity index (χ4v) is 2.23. The fraction of sp³-hybridized carbons (Fsp3) is 0.0909. The molecule has 3 nitrogen and oxygen atoms in total. The second kappa shape index (κ2) is 5.13. The SMILES string of the molecule is N#Cc1cc(F)cc(NCc2cnc(Cl)s2)c1. The molecule has 1 N–H and O–H groups in total. The lowest BCUT2D eigenvalue weighted by molar-refractivity contribution is 0.627. The summed E-state index contributed by atoms with van der Waals surface area (Å²) >= 11 is 7.05. The van der Waals surface area contributed by atoms with Crippen LogP contribution < -0.4 is 5.32 Å². The van der Waals surface area contributed by atoms with Crippen LogP contribution in [0.25, 0.3) is 0 Å². The van der Waals surface area contributed by atoms with Crippen molar-refractivity contribution in [2.45, 2.75) is 6.54 Å². The van der Waals surface area contributed by atoms with Crippen LogP contribution in [-0.4, -0.2) is 4.98 Å². The van der Waals surface area contributed by atoms with Crippen molar-refractivity contribution in [2.24, 2.45) is 0 Å². The van der Waals surface area contributed by atoms with Gasteiger partial charge in [0.1, 0.15) is 5.82 Å². The molecule has 0 bridgehead atoms. The summed E-state index contributed by atoms with van der Waals surface area (Å²) < 4.78 is 13.6. The second-order valence-electron chi connectivity index (χ2n) is 3.27. The first-order valence-corrected chi connectivity index (χ1v) is 5.91. The van der Waals surface area contributed by atoms with Gasteiger partial charge in [-0.1, -0.05) is 11.6 Å². The molecule has 1 heterocycles. The molecule has 0 amide bonds. The van der Waals surface area contributed by atoms with Crippen LogP contribution in [0.2, 0.25) is 4.47 Å². The van der Waals surface area contributed by atoms with Gasteiger partial charge in [0.05, 0.1) is 18.2 Å². The minimum Gasteiger partial charge on any atom is -0.380 e. The van der Waals surface area contributed by atoms with Crippen molar-refractivity contribution in [3.05, 3.63) is 45.1 Å². The molecule has 1 aromatic carbocycles. The van der Waals surface area contributed by atoms with Crippen molar-refractivity contribution < 1.29 is 4.39 Å². The number of anilines is 1. The Hall–Kier alpha value is -1.64. The number of benzene rings is 1. The number of nitrogens with one attached hydrogen (secondary N) is 1. The molecule has 2 rings (SSSR count). The summed E-state index contributed by atoms with van der Waals surface area (Å²) in [5, 5.41) is 11.7. The molecular formula is C11H7ClFN3S. The highest BCUT2D eigenvalue weighted by molar-refractivity contribution is 7.15. The highest BCUT2D eigenvalue weighted by atomic mass is 35.5. The Balaban J connectivity index is 2.09. The lowest BCUT2D eigenvalue weighted by Crippen LogP contribution is -1.98. The third-order valence-corrected chi connectivity index (χ3v) is 3.13. The predicted molar refractivity (Wildman–Crippen MR) is 65.6 cm³/mol. The van der Waals surface area contributed by atoms with Gasteiger partial charge < -0.3 is 5.32 Å². The van der Waals surface area contributed by atoms with E-state index in [1.54, 1.807) is 12.3 Å². The zero-order valence-electron chi connectivity index (χ0n) is 8.58. The van der Waals surface area contributed by atoms with Crippen LogP contribution in [0.4, 0.5) is 10.1 Å². The zero-order valence-corrected chi connectivity index (χ0v) is 10.1. The number of halogens is 2. The van der Waals surface area contributed by atoms with Crippen molar-refractivity contribution in [3.8, 4) is 6.07 Å². The van der Waals surface area contributed by atoms with Gasteiger partial charge in [-0.3, -0.25) is 0 Å². The summed E-state index contributed by atoms with van der Waals surface area (Å²) in [4.78, 5) is 4.84. The summed E-state index contributed by atoms with van der Waals surface area (Å²) in [7, 11) is 0. The van der Waals surface area contributed by atoms with Gasteiger partial charge >= 0.3 is 0 Å². The number of hydrogen-bond donors (Lipinski definition) is 1. The molecule has 86 valence electrons. The molecule has 0 saturated carbocycles. The van der Waals surface area contributed by atoms with Gasteiger partial charge in [-0.2, -0.15) is 5.26 Å². The van der Waals surface area contributed by atoms with E-state index >= 15 is 0 Å². The molecule has 0 fully saturated rings. The number of rotatable bonds is 3. The average Bonchev–Trinajstić information content (AvgIpc) is 2.72. The molecule has 0 radical (unpaired) electrons. The van der Waals surface area contributed by atoms with Gasteiger partial charge in [0.25, 0.3) is 0 Å². The highest BCUT2D eigenvalue weighted by Crippen LogP contribution is 2.20. The third-order valence-electron chi connectivity index (χ3n) is 2.02. The smallest absolute Gasteiger partial charge is 0.183 e. The minimum atomic E-state index is -0.436. The lowest BCUT2D eigenvalue weighted by Gasteiger charge is -2.04.